The van der Waals surface area contributed by atoms with Gasteiger partial charge in [-0.05, 0) is 43.9 Å². The molecule has 0 aliphatic rings. The molecule has 118 valence electrons. The topological polar surface area (TPSA) is 50.4 Å². The summed E-state index contributed by atoms with van der Waals surface area (Å²) >= 11 is 5.95. The summed E-state index contributed by atoms with van der Waals surface area (Å²) in [4.78, 5) is 12.2. The molecule has 1 aromatic carbocycles. The minimum Gasteiger partial charge on any atom is -0.495 e. The zero-order valence-electron chi connectivity index (χ0n) is 13.6. The van der Waals surface area contributed by atoms with Crippen molar-refractivity contribution in [3.63, 3.8) is 0 Å². The second-order valence-electron chi connectivity index (χ2n) is 7.05. The number of halogens is 1. The number of methoxy groups -OCH3 is 1. The number of hydrogen-bond acceptors (Lipinski definition) is 2. The van der Waals surface area contributed by atoms with Gasteiger partial charge in [-0.25, -0.2) is 4.79 Å². The van der Waals surface area contributed by atoms with Crippen molar-refractivity contribution in [3.05, 3.63) is 23.2 Å². The molecule has 4 nitrogen and oxygen atoms in total. The molecule has 2 amide bonds. The minimum absolute atomic E-state index is 0.129. The van der Waals surface area contributed by atoms with Gasteiger partial charge in [-0.1, -0.05) is 32.4 Å². The van der Waals surface area contributed by atoms with E-state index in [4.69, 9.17) is 16.3 Å². The van der Waals surface area contributed by atoms with Gasteiger partial charge in [-0.15, -0.1) is 0 Å². The maximum Gasteiger partial charge on any atom is 0.319 e. The summed E-state index contributed by atoms with van der Waals surface area (Å²) in [7, 11) is 1.55. The molecule has 0 unspecified atom stereocenters. The first kappa shape index (κ1) is 17.6. The normalized spacial score (nSPS) is 12.0. The summed E-state index contributed by atoms with van der Waals surface area (Å²) in [6, 6.07) is 4.83. The molecule has 0 radical (unpaired) electrons. The fourth-order valence-electron chi connectivity index (χ4n) is 2.61. The third-order valence-corrected chi connectivity index (χ3v) is 3.07. The summed E-state index contributed by atoms with van der Waals surface area (Å²) in [6.45, 7) is 10.5. The molecular formula is C16H25ClN2O2. The Morgan fingerprint density at radius 2 is 1.86 bits per heavy atom. The van der Waals surface area contributed by atoms with Crippen molar-refractivity contribution in [2.45, 2.75) is 46.6 Å². The van der Waals surface area contributed by atoms with Gasteiger partial charge < -0.3 is 15.4 Å². The Morgan fingerprint density at radius 1 is 1.24 bits per heavy atom. The van der Waals surface area contributed by atoms with Gasteiger partial charge in [0.2, 0.25) is 0 Å². The van der Waals surface area contributed by atoms with Crippen LogP contribution >= 0.6 is 11.6 Å². The number of rotatable bonds is 4. The van der Waals surface area contributed by atoms with Gasteiger partial charge >= 0.3 is 6.03 Å². The number of nitrogens with one attached hydrogen (secondary N) is 2. The van der Waals surface area contributed by atoms with E-state index in [2.05, 4.69) is 31.4 Å². The first-order chi connectivity index (χ1) is 9.52. The van der Waals surface area contributed by atoms with Crippen molar-refractivity contribution in [1.29, 1.82) is 0 Å². The number of carbonyl (C=O) groups excluding carboxylic acids is 1. The van der Waals surface area contributed by atoms with Crippen LogP contribution in [-0.2, 0) is 0 Å². The molecule has 0 saturated heterocycles. The number of anilines is 1. The van der Waals surface area contributed by atoms with Gasteiger partial charge in [0, 0.05) is 10.6 Å². The van der Waals surface area contributed by atoms with Crippen molar-refractivity contribution in [1.82, 2.24) is 5.32 Å². The van der Waals surface area contributed by atoms with Crippen LogP contribution in [0.1, 0.15) is 41.0 Å². The van der Waals surface area contributed by atoms with Crippen LogP contribution < -0.4 is 15.4 Å². The average Bonchev–Trinajstić information content (AvgIpc) is 2.24. The van der Waals surface area contributed by atoms with Crippen LogP contribution in [0, 0.1) is 5.41 Å². The van der Waals surface area contributed by atoms with Crippen molar-refractivity contribution >= 4 is 23.3 Å². The average molecular weight is 313 g/mol. The highest BCUT2D eigenvalue weighted by Crippen LogP contribution is 2.29. The van der Waals surface area contributed by atoms with Crippen molar-refractivity contribution in [2.24, 2.45) is 5.41 Å². The lowest BCUT2D eigenvalue weighted by molar-refractivity contribution is 0.220. The summed E-state index contributed by atoms with van der Waals surface area (Å²) < 4.78 is 5.21. The number of benzene rings is 1. The Bertz CT molecular complexity index is 507. The predicted molar refractivity (Wildman–Crippen MR) is 88.3 cm³/mol. The number of hydrogen-bond donors (Lipinski definition) is 2. The van der Waals surface area contributed by atoms with Gasteiger partial charge in [0.1, 0.15) is 5.75 Å². The first-order valence-electron chi connectivity index (χ1n) is 6.95. The van der Waals surface area contributed by atoms with Crippen molar-refractivity contribution in [3.8, 4) is 5.75 Å². The Morgan fingerprint density at radius 3 is 2.38 bits per heavy atom. The molecular weight excluding hydrogens is 288 g/mol. The lowest BCUT2D eigenvalue weighted by atomic mass is 9.82. The fraction of sp³-hybridized carbons (Fsp3) is 0.562. The van der Waals surface area contributed by atoms with Crippen LogP contribution in [0.5, 0.6) is 5.75 Å². The predicted octanol–water partition coefficient (Wildman–Crippen LogP) is 4.68. The van der Waals surface area contributed by atoms with Gasteiger partial charge in [0.05, 0.1) is 12.8 Å². The molecule has 0 spiro atoms. The standard InChI is InChI=1S/C16H25ClN2O2/c1-15(2,3)10-16(4,5)19-14(20)18-12-9-11(17)7-8-13(12)21-6/h7-9H,10H2,1-6H3,(H2,18,19,20). The Balaban J connectivity index is 2.76. The lowest BCUT2D eigenvalue weighted by Crippen LogP contribution is -2.47. The molecule has 0 atom stereocenters. The lowest BCUT2D eigenvalue weighted by Gasteiger charge is -2.33. The molecule has 21 heavy (non-hydrogen) atoms. The summed E-state index contributed by atoms with van der Waals surface area (Å²) in [5, 5.41) is 6.31. The first-order valence-corrected chi connectivity index (χ1v) is 7.33. The molecule has 1 rings (SSSR count). The Labute approximate surface area is 132 Å². The SMILES string of the molecule is COc1ccc(Cl)cc1NC(=O)NC(C)(C)CC(C)(C)C. The third kappa shape index (κ3) is 6.25. The van der Waals surface area contributed by atoms with E-state index in [0.717, 1.165) is 6.42 Å². The molecule has 0 saturated carbocycles. The second kappa shape index (κ2) is 6.56. The van der Waals surface area contributed by atoms with Crippen LogP contribution in [0.4, 0.5) is 10.5 Å². The maximum atomic E-state index is 12.2. The molecule has 0 aliphatic carbocycles. The smallest absolute Gasteiger partial charge is 0.319 e. The highest BCUT2D eigenvalue weighted by molar-refractivity contribution is 6.31. The molecule has 0 heterocycles. The zero-order valence-corrected chi connectivity index (χ0v) is 14.4. The van der Waals surface area contributed by atoms with Gasteiger partial charge in [0.25, 0.3) is 0 Å². The van der Waals surface area contributed by atoms with Gasteiger partial charge in [0.15, 0.2) is 0 Å². The zero-order chi connectivity index (χ0) is 16.3. The van der Waals surface area contributed by atoms with E-state index in [1.165, 1.54) is 0 Å². The Hall–Kier alpha value is -1.42. The Kier molecular flexibility index (Phi) is 5.51. The van der Waals surface area contributed by atoms with Gasteiger partial charge in [-0.2, -0.15) is 0 Å². The highest BCUT2D eigenvalue weighted by Gasteiger charge is 2.27. The molecule has 0 aliphatic heterocycles. The molecule has 0 fully saturated rings. The number of ether oxygens (including phenoxy) is 1. The monoisotopic (exact) mass is 312 g/mol. The van der Waals surface area contributed by atoms with E-state index in [9.17, 15) is 4.79 Å². The largest absolute Gasteiger partial charge is 0.495 e. The van der Waals surface area contributed by atoms with E-state index in [1.54, 1.807) is 25.3 Å². The van der Waals surface area contributed by atoms with Crippen LogP contribution in [0.15, 0.2) is 18.2 Å². The van der Waals surface area contributed by atoms with E-state index < -0.39 is 0 Å². The maximum absolute atomic E-state index is 12.2. The van der Waals surface area contributed by atoms with Crippen molar-refractivity contribution < 1.29 is 9.53 Å². The highest BCUT2D eigenvalue weighted by atomic mass is 35.5. The van der Waals surface area contributed by atoms with Crippen LogP contribution in [0.3, 0.4) is 0 Å². The summed E-state index contributed by atoms with van der Waals surface area (Å²) in [5.74, 6) is 0.572. The molecule has 2 N–H and O–H groups in total. The summed E-state index contributed by atoms with van der Waals surface area (Å²) in [6.07, 6.45) is 0.861. The van der Waals surface area contributed by atoms with Crippen LogP contribution in [0.25, 0.3) is 0 Å². The van der Waals surface area contributed by atoms with Crippen molar-refractivity contribution in [2.75, 3.05) is 12.4 Å². The molecule has 0 aromatic heterocycles. The summed E-state index contributed by atoms with van der Waals surface area (Å²) in [5.41, 5.74) is 0.368. The fourth-order valence-corrected chi connectivity index (χ4v) is 2.78. The van der Waals surface area contributed by atoms with E-state index in [0.29, 0.717) is 16.5 Å². The molecule has 1 aromatic rings. The van der Waals surface area contributed by atoms with Crippen LogP contribution in [0.2, 0.25) is 5.02 Å². The molecule has 5 heteroatoms. The van der Waals surface area contributed by atoms with E-state index in [1.807, 2.05) is 13.8 Å². The second-order valence-corrected chi connectivity index (χ2v) is 7.48. The quantitative estimate of drug-likeness (QED) is 0.847. The van der Waals surface area contributed by atoms with E-state index >= 15 is 0 Å². The number of urea groups is 1. The number of amides is 2. The molecule has 0 bridgehead atoms. The third-order valence-electron chi connectivity index (χ3n) is 2.83. The van der Waals surface area contributed by atoms with Gasteiger partial charge in [-0.3, -0.25) is 0 Å². The number of carbonyl (C=O) groups is 1. The van der Waals surface area contributed by atoms with Crippen LogP contribution in [-0.4, -0.2) is 18.7 Å². The van der Waals surface area contributed by atoms with E-state index in [-0.39, 0.29) is 17.0 Å². The minimum atomic E-state index is -0.311.